The van der Waals surface area contributed by atoms with Crippen LogP contribution in [0.25, 0.3) is 0 Å². The second-order valence-corrected chi connectivity index (χ2v) is 3.38. The number of rotatable bonds is 2. The molecule has 2 atom stereocenters. The lowest BCUT2D eigenvalue weighted by Crippen LogP contribution is -2.26. The van der Waals surface area contributed by atoms with E-state index in [1.807, 2.05) is 0 Å². The molecule has 0 aromatic heterocycles. The zero-order valence-corrected chi connectivity index (χ0v) is 6.36. The standard InChI is InChI=1S/C6H10O2S/c1-4-6(3,5-2)9(7)8/h1H,5H2,2-3H3,(H,7,8). The highest BCUT2D eigenvalue weighted by Crippen LogP contribution is 2.14. The van der Waals surface area contributed by atoms with Crippen molar-refractivity contribution in [3.05, 3.63) is 0 Å². The Kier molecular flexibility index (Phi) is 2.89. The lowest BCUT2D eigenvalue weighted by atomic mass is 10.1. The van der Waals surface area contributed by atoms with E-state index in [0.717, 1.165) is 0 Å². The van der Waals surface area contributed by atoms with Crippen LogP contribution in [-0.2, 0) is 11.1 Å². The van der Waals surface area contributed by atoms with Crippen molar-refractivity contribution >= 4 is 11.1 Å². The van der Waals surface area contributed by atoms with Crippen LogP contribution in [-0.4, -0.2) is 13.5 Å². The summed E-state index contributed by atoms with van der Waals surface area (Å²) in [5.74, 6) is 2.28. The molecule has 0 aromatic carbocycles. The molecule has 0 saturated carbocycles. The molecule has 0 heterocycles. The molecule has 0 aromatic rings. The van der Waals surface area contributed by atoms with Crippen LogP contribution in [0.3, 0.4) is 0 Å². The fraction of sp³-hybridized carbons (Fsp3) is 0.667. The van der Waals surface area contributed by atoms with E-state index in [9.17, 15) is 4.21 Å². The fourth-order valence-electron chi connectivity index (χ4n) is 0.276. The van der Waals surface area contributed by atoms with E-state index in [0.29, 0.717) is 6.42 Å². The molecule has 0 aliphatic heterocycles. The molecule has 0 aliphatic carbocycles. The minimum atomic E-state index is -1.91. The molecule has 0 rings (SSSR count). The Bertz CT molecular complexity index is 159. The highest BCUT2D eigenvalue weighted by atomic mass is 32.2. The van der Waals surface area contributed by atoms with Crippen molar-refractivity contribution in [2.24, 2.45) is 0 Å². The molecule has 3 heteroatoms. The Hall–Kier alpha value is -0.330. The van der Waals surface area contributed by atoms with Crippen molar-refractivity contribution < 1.29 is 8.76 Å². The summed E-state index contributed by atoms with van der Waals surface area (Å²) in [4.78, 5) is 0. The highest BCUT2D eigenvalue weighted by Gasteiger charge is 2.25. The van der Waals surface area contributed by atoms with Gasteiger partial charge in [-0.2, -0.15) is 0 Å². The highest BCUT2D eigenvalue weighted by molar-refractivity contribution is 7.81. The summed E-state index contributed by atoms with van der Waals surface area (Å²) in [6.45, 7) is 3.37. The molecular weight excluding hydrogens is 136 g/mol. The second kappa shape index (κ2) is 3.00. The molecule has 2 nitrogen and oxygen atoms in total. The van der Waals surface area contributed by atoms with Crippen LogP contribution in [0, 0.1) is 12.3 Å². The third-order valence-corrected chi connectivity index (χ3v) is 2.54. The van der Waals surface area contributed by atoms with Gasteiger partial charge < -0.3 is 4.55 Å². The number of hydrogen-bond acceptors (Lipinski definition) is 1. The Balaban J connectivity index is 4.33. The van der Waals surface area contributed by atoms with Gasteiger partial charge in [-0.05, 0) is 13.3 Å². The average molecular weight is 146 g/mol. The Labute approximate surface area is 57.9 Å². The van der Waals surface area contributed by atoms with Gasteiger partial charge in [0.2, 0.25) is 0 Å². The smallest absolute Gasteiger partial charge is 0.171 e. The van der Waals surface area contributed by atoms with E-state index in [-0.39, 0.29) is 0 Å². The quantitative estimate of drug-likeness (QED) is 0.466. The second-order valence-electron chi connectivity index (χ2n) is 1.98. The SMILES string of the molecule is C#CC(C)(CC)S(=O)O. The van der Waals surface area contributed by atoms with Gasteiger partial charge in [-0.15, -0.1) is 6.42 Å². The predicted octanol–water partition coefficient (Wildman–Crippen LogP) is 1.01. The summed E-state index contributed by atoms with van der Waals surface area (Å²) in [5, 5.41) is 0. The minimum Gasteiger partial charge on any atom is -0.305 e. The molecule has 52 valence electrons. The predicted molar refractivity (Wildman–Crippen MR) is 38.3 cm³/mol. The van der Waals surface area contributed by atoms with Crippen LogP contribution >= 0.6 is 0 Å². The monoisotopic (exact) mass is 146 g/mol. The first-order valence-electron chi connectivity index (χ1n) is 2.65. The molecule has 0 amide bonds. The summed E-state index contributed by atoms with van der Waals surface area (Å²) >= 11 is -1.91. The van der Waals surface area contributed by atoms with E-state index in [1.165, 1.54) is 0 Å². The normalized spacial score (nSPS) is 19.8. The summed E-state index contributed by atoms with van der Waals surface area (Å²) in [7, 11) is 0. The van der Waals surface area contributed by atoms with Crippen LogP contribution in [0.15, 0.2) is 0 Å². The fourth-order valence-corrected chi connectivity index (χ4v) is 0.624. The van der Waals surface area contributed by atoms with Crippen molar-refractivity contribution in [1.29, 1.82) is 0 Å². The number of terminal acetylenes is 1. The van der Waals surface area contributed by atoms with Gasteiger partial charge in [-0.25, -0.2) is 4.21 Å². The van der Waals surface area contributed by atoms with Gasteiger partial charge >= 0.3 is 0 Å². The molecule has 0 aliphatic rings. The largest absolute Gasteiger partial charge is 0.305 e. The zero-order chi connectivity index (χ0) is 7.49. The van der Waals surface area contributed by atoms with E-state index in [2.05, 4.69) is 5.92 Å². The van der Waals surface area contributed by atoms with Crippen LogP contribution in [0.2, 0.25) is 0 Å². The summed E-state index contributed by atoms with van der Waals surface area (Å²) in [6, 6.07) is 0. The van der Waals surface area contributed by atoms with E-state index < -0.39 is 15.8 Å². The van der Waals surface area contributed by atoms with Gasteiger partial charge in [-0.1, -0.05) is 12.8 Å². The van der Waals surface area contributed by atoms with Crippen LogP contribution in [0.5, 0.6) is 0 Å². The maximum absolute atomic E-state index is 10.5. The number of hydrogen-bond donors (Lipinski definition) is 1. The molecular formula is C6H10O2S. The molecule has 2 unspecified atom stereocenters. The molecule has 9 heavy (non-hydrogen) atoms. The van der Waals surface area contributed by atoms with Crippen LogP contribution in [0.1, 0.15) is 20.3 Å². The Morgan fingerprint density at radius 2 is 2.33 bits per heavy atom. The first-order chi connectivity index (χ1) is 4.06. The lowest BCUT2D eigenvalue weighted by Gasteiger charge is -2.14. The lowest BCUT2D eigenvalue weighted by molar-refractivity contribution is 0.531. The molecule has 1 N–H and O–H groups in total. The summed E-state index contributed by atoms with van der Waals surface area (Å²) < 4.78 is 18.2. The van der Waals surface area contributed by atoms with Crippen molar-refractivity contribution in [2.75, 3.05) is 0 Å². The maximum Gasteiger partial charge on any atom is 0.171 e. The third kappa shape index (κ3) is 1.81. The van der Waals surface area contributed by atoms with Gasteiger partial charge in [0.1, 0.15) is 4.75 Å². The first kappa shape index (κ1) is 8.67. The zero-order valence-electron chi connectivity index (χ0n) is 5.55. The summed E-state index contributed by atoms with van der Waals surface area (Å²) in [5.41, 5.74) is 0. The van der Waals surface area contributed by atoms with Gasteiger partial charge in [-0.3, -0.25) is 0 Å². The average Bonchev–Trinajstić information content (AvgIpc) is 1.86. The van der Waals surface area contributed by atoms with Crippen molar-refractivity contribution in [3.8, 4) is 12.3 Å². The first-order valence-corrected chi connectivity index (χ1v) is 3.76. The topological polar surface area (TPSA) is 37.3 Å². The summed E-state index contributed by atoms with van der Waals surface area (Å²) in [6.07, 6.45) is 5.54. The van der Waals surface area contributed by atoms with Crippen LogP contribution < -0.4 is 0 Å². The van der Waals surface area contributed by atoms with Gasteiger partial charge in [0.15, 0.2) is 11.1 Å². The van der Waals surface area contributed by atoms with Crippen molar-refractivity contribution in [2.45, 2.75) is 25.0 Å². The molecule has 0 spiro atoms. The van der Waals surface area contributed by atoms with Crippen molar-refractivity contribution in [3.63, 3.8) is 0 Å². The van der Waals surface area contributed by atoms with Gasteiger partial charge in [0, 0.05) is 0 Å². The van der Waals surface area contributed by atoms with E-state index in [4.69, 9.17) is 11.0 Å². The Morgan fingerprint density at radius 1 is 1.89 bits per heavy atom. The molecule has 0 radical (unpaired) electrons. The maximum atomic E-state index is 10.5. The molecule has 0 fully saturated rings. The third-order valence-electron chi connectivity index (χ3n) is 1.37. The Morgan fingerprint density at radius 3 is 2.33 bits per heavy atom. The minimum absolute atomic E-state index is 0.520. The van der Waals surface area contributed by atoms with E-state index in [1.54, 1.807) is 13.8 Å². The molecule has 0 bridgehead atoms. The van der Waals surface area contributed by atoms with E-state index >= 15 is 0 Å². The van der Waals surface area contributed by atoms with Gasteiger partial charge in [0.25, 0.3) is 0 Å². The molecule has 0 saturated heterocycles. The van der Waals surface area contributed by atoms with Crippen molar-refractivity contribution in [1.82, 2.24) is 0 Å². The van der Waals surface area contributed by atoms with Crippen LogP contribution in [0.4, 0.5) is 0 Å². The van der Waals surface area contributed by atoms with Gasteiger partial charge in [0.05, 0.1) is 0 Å².